The molecule has 2 rings (SSSR count). The summed E-state index contributed by atoms with van der Waals surface area (Å²) in [5.74, 6) is 0. The molecule has 0 atom stereocenters. The van der Waals surface area contributed by atoms with Crippen molar-refractivity contribution in [2.24, 2.45) is 0 Å². The number of pyridine rings is 1. The third kappa shape index (κ3) is 0.827. The Bertz CT molecular complexity index is 387. The van der Waals surface area contributed by atoms with Crippen molar-refractivity contribution in [2.45, 2.75) is 13.8 Å². The lowest BCUT2D eigenvalue weighted by Crippen LogP contribution is -1.91. The fraction of sp³-hybridized carbons (Fsp3) is 0.222. The van der Waals surface area contributed by atoms with E-state index in [0.717, 1.165) is 5.52 Å². The van der Waals surface area contributed by atoms with Crippen LogP contribution >= 0.6 is 0 Å². The molecule has 56 valence electrons. The predicted octanol–water partition coefficient (Wildman–Crippen LogP) is 1.95. The lowest BCUT2D eigenvalue weighted by Gasteiger charge is -2.02. The molecule has 0 aliphatic rings. The predicted molar refractivity (Wildman–Crippen MR) is 44.7 cm³/mol. The van der Waals surface area contributed by atoms with E-state index >= 15 is 0 Å². The maximum absolute atomic E-state index is 4.07. The van der Waals surface area contributed by atoms with Gasteiger partial charge in [-0.1, -0.05) is 6.07 Å². The Morgan fingerprint density at radius 1 is 1.27 bits per heavy atom. The Hall–Kier alpha value is -1.31. The number of rotatable bonds is 0. The van der Waals surface area contributed by atoms with Crippen molar-refractivity contribution in [3.05, 3.63) is 35.9 Å². The number of hydrogen-bond acceptors (Lipinski definition) is 1. The smallest absolute Gasteiger partial charge is 0.0994 e. The zero-order valence-electron chi connectivity index (χ0n) is 6.70. The molecule has 2 aromatic heterocycles. The molecular formula is C9H10N2. The topological polar surface area (TPSA) is 17.3 Å². The summed E-state index contributed by atoms with van der Waals surface area (Å²) in [5, 5.41) is 0. The lowest BCUT2D eigenvalue weighted by atomic mass is 10.2. The number of hydrogen-bond donors (Lipinski definition) is 0. The van der Waals surface area contributed by atoms with Crippen LogP contribution in [0, 0.1) is 13.8 Å². The van der Waals surface area contributed by atoms with E-state index in [2.05, 4.69) is 35.4 Å². The second kappa shape index (κ2) is 2.09. The minimum atomic E-state index is 1.16. The average molecular weight is 146 g/mol. The van der Waals surface area contributed by atoms with Crippen molar-refractivity contribution < 1.29 is 0 Å². The van der Waals surface area contributed by atoms with Gasteiger partial charge in [-0.2, -0.15) is 0 Å². The summed E-state index contributed by atoms with van der Waals surface area (Å²) in [6.07, 6.45) is 3.71. The third-order valence-corrected chi connectivity index (χ3v) is 2.10. The zero-order chi connectivity index (χ0) is 7.84. The highest BCUT2D eigenvalue weighted by Crippen LogP contribution is 2.09. The third-order valence-electron chi connectivity index (χ3n) is 2.10. The fourth-order valence-electron chi connectivity index (χ4n) is 1.23. The number of aryl methyl sites for hydroxylation is 2. The molecular weight excluding hydrogens is 136 g/mol. The molecule has 2 nitrogen and oxygen atoms in total. The summed E-state index contributed by atoms with van der Waals surface area (Å²) < 4.78 is 2.09. The molecule has 0 bridgehead atoms. The molecule has 0 radical (unpaired) electrons. The quantitative estimate of drug-likeness (QED) is 0.555. The van der Waals surface area contributed by atoms with Gasteiger partial charge < -0.3 is 4.40 Å². The standard InChI is InChI=1S/C9H10N2/c1-7-3-4-9-5-10-6-11(9)8(7)2/h3-6H,1-2H3. The van der Waals surface area contributed by atoms with Gasteiger partial charge in [-0.05, 0) is 25.5 Å². The number of imidazole rings is 1. The van der Waals surface area contributed by atoms with E-state index in [1.165, 1.54) is 11.3 Å². The van der Waals surface area contributed by atoms with Gasteiger partial charge in [0.15, 0.2) is 0 Å². The summed E-state index contributed by atoms with van der Waals surface area (Å²) in [6.45, 7) is 4.21. The van der Waals surface area contributed by atoms with Gasteiger partial charge in [-0.25, -0.2) is 4.98 Å². The highest BCUT2D eigenvalue weighted by molar-refractivity contribution is 5.47. The van der Waals surface area contributed by atoms with Gasteiger partial charge in [0.05, 0.1) is 18.0 Å². The van der Waals surface area contributed by atoms with Crippen molar-refractivity contribution in [1.29, 1.82) is 0 Å². The first-order chi connectivity index (χ1) is 5.29. The van der Waals surface area contributed by atoms with E-state index < -0.39 is 0 Å². The Labute approximate surface area is 65.5 Å². The zero-order valence-corrected chi connectivity index (χ0v) is 6.70. The van der Waals surface area contributed by atoms with Crippen LogP contribution in [0.15, 0.2) is 24.7 Å². The SMILES string of the molecule is Cc1ccc2cncn2c1C. The maximum atomic E-state index is 4.07. The number of nitrogens with zero attached hydrogens (tertiary/aromatic N) is 2. The van der Waals surface area contributed by atoms with E-state index in [1.54, 1.807) is 0 Å². The highest BCUT2D eigenvalue weighted by Gasteiger charge is 1.97. The second-order valence-corrected chi connectivity index (χ2v) is 2.79. The van der Waals surface area contributed by atoms with Crippen LogP contribution in [0.4, 0.5) is 0 Å². The molecule has 0 aliphatic heterocycles. The van der Waals surface area contributed by atoms with Crippen LogP contribution < -0.4 is 0 Å². The van der Waals surface area contributed by atoms with Gasteiger partial charge >= 0.3 is 0 Å². The average Bonchev–Trinajstić information content (AvgIpc) is 2.45. The van der Waals surface area contributed by atoms with E-state index in [1.807, 2.05) is 12.5 Å². The van der Waals surface area contributed by atoms with Crippen molar-refractivity contribution in [1.82, 2.24) is 9.38 Å². The Morgan fingerprint density at radius 2 is 2.09 bits per heavy atom. The monoisotopic (exact) mass is 146 g/mol. The minimum Gasteiger partial charge on any atom is -0.303 e. The van der Waals surface area contributed by atoms with Crippen LogP contribution in [0.3, 0.4) is 0 Å². The summed E-state index contributed by atoms with van der Waals surface area (Å²) in [7, 11) is 0. The molecule has 0 spiro atoms. The molecule has 0 saturated carbocycles. The van der Waals surface area contributed by atoms with Gasteiger partial charge in [0, 0.05) is 5.69 Å². The van der Waals surface area contributed by atoms with Crippen LogP contribution in [0.2, 0.25) is 0 Å². The van der Waals surface area contributed by atoms with E-state index in [-0.39, 0.29) is 0 Å². The van der Waals surface area contributed by atoms with Crippen LogP contribution in [0.25, 0.3) is 5.52 Å². The first kappa shape index (κ1) is 6.40. The minimum absolute atomic E-state index is 1.16. The second-order valence-electron chi connectivity index (χ2n) is 2.79. The molecule has 0 N–H and O–H groups in total. The Balaban J connectivity index is 2.93. The maximum Gasteiger partial charge on any atom is 0.0994 e. The lowest BCUT2D eigenvalue weighted by molar-refractivity contribution is 1.05. The molecule has 0 fully saturated rings. The van der Waals surface area contributed by atoms with Crippen LogP contribution in [0.1, 0.15) is 11.3 Å². The molecule has 0 aliphatic carbocycles. The highest BCUT2D eigenvalue weighted by atomic mass is 15.0. The van der Waals surface area contributed by atoms with Gasteiger partial charge in [-0.3, -0.25) is 0 Å². The fourth-order valence-corrected chi connectivity index (χ4v) is 1.23. The molecule has 0 unspecified atom stereocenters. The van der Waals surface area contributed by atoms with Gasteiger partial charge in [-0.15, -0.1) is 0 Å². The molecule has 2 heteroatoms. The Morgan fingerprint density at radius 3 is 2.91 bits per heavy atom. The first-order valence-corrected chi connectivity index (χ1v) is 3.67. The molecule has 0 amide bonds. The summed E-state index contributed by atoms with van der Waals surface area (Å²) in [4.78, 5) is 4.07. The normalized spacial score (nSPS) is 10.7. The van der Waals surface area contributed by atoms with Crippen molar-refractivity contribution >= 4 is 5.52 Å². The van der Waals surface area contributed by atoms with Crippen molar-refractivity contribution in [3.63, 3.8) is 0 Å². The van der Waals surface area contributed by atoms with Crippen LogP contribution in [-0.2, 0) is 0 Å². The van der Waals surface area contributed by atoms with E-state index in [0.29, 0.717) is 0 Å². The largest absolute Gasteiger partial charge is 0.303 e. The van der Waals surface area contributed by atoms with E-state index in [9.17, 15) is 0 Å². The van der Waals surface area contributed by atoms with Crippen LogP contribution in [0.5, 0.6) is 0 Å². The molecule has 2 aromatic rings. The number of fused-ring (bicyclic) bond motifs is 1. The van der Waals surface area contributed by atoms with Gasteiger partial charge in [0.25, 0.3) is 0 Å². The van der Waals surface area contributed by atoms with Gasteiger partial charge in [0.2, 0.25) is 0 Å². The molecule has 0 aromatic carbocycles. The molecule has 0 saturated heterocycles. The van der Waals surface area contributed by atoms with Crippen LogP contribution in [-0.4, -0.2) is 9.38 Å². The Kier molecular flexibility index (Phi) is 1.22. The summed E-state index contributed by atoms with van der Waals surface area (Å²) in [6, 6.07) is 4.20. The van der Waals surface area contributed by atoms with E-state index in [4.69, 9.17) is 0 Å². The molecule has 11 heavy (non-hydrogen) atoms. The van der Waals surface area contributed by atoms with Crippen molar-refractivity contribution in [2.75, 3.05) is 0 Å². The summed E-state index contributed by atoms with van der Waals surface area (Å²) in [5.41, 5.74) is 3.73. The summed E-state index contributed by atoms with van der Waals surface area (Å²) >= 11 is 0. The number of aromatic nitrogens is 2. The van der Waals surface area contributed by atoms with Gasteiger partial charge in [0.1, 0.15) is 0 Å². The van der Waals surface area contributed by atoms with Crippen molar-refractivity contribution in [3.8, 4) is 0 Å². The first-order valence-electron chi connectivity index (χ1n) is 3.67. The molecule has 2 heterocycles.